The van der Waals surface area contributed by atoms with E-state index >= 15 is 0 Å². The Morgan fingerprint density at radius 2 is 2.24 bits per heavy atom. The molecule has 3 N–H and O–H groups in total. The molecule has 3 nitrogen and oxygen atoms in total. The van der Waals surface area contributed by atoms with Gasteiger partial charge in [-0.3, -0.25) is 4.90 Å². The molecule has 17 heavy (non-hydrogen) atoms. The van der Waals surface area contributed by atoms with E-state index in [-0.39, 0.29) is 0 Å². The van der Waals surface area contributed by atoms with E-state index in [1.165, 1.54) is 18.2 Å². The van der Waals surface area contributed by atoms with E-state index in [0.29, 0.717) is 12.0 Å². The van der Waals surface area contributed by atoms with Gasteiger partial charge in [0.2, 0.25) is 0 Å². The second-order valence-corrected chi connectivity index (χ2v) is 4.90. The van der Waals surface area contributed by atoms with Crippen molar-refractivity contribution in [1.29, 1.82) is 5.41 Å². The van der Waals surface area contributed by atoms with E-state index in [1.54, 1.807) is 0 Å². The summed E-state index contributed by atoms with van der Waals surface area (Å²) in [7, 11) is 0. The van der Waals surface area contributed by atoms with Crippen molar-refractivity contribution in [1.82, 2.24) is 4.90 Å². The van der Waals surface area contributed by atoms with Crippen LogP contribution in [0.3, 0.4) is 0 Å². The fourth-order valence-corrected chi connectivity index (χ4v) is 2.45. The zero-order chi connectivity index (χ0) is 12.4. The summed E-state index contributed by atoms with van der Waals surface area (Å²) in [6.45, 7) is 6.69. The van der Waals surface area contributed by atoms with E-state index in [9.17, 15) is 0 Å². The summed E-state index contributed by atoms with van der Waals surface area (Å²) in [5, 5.41) is 7.47. The monoisotopic (exact) mass is 231 g/mol. The van der Waals surface area contributed by atoms with E-state index in [2.05, 4.69) is 24.8 Å². The lowest BCUT2D eigenvalue weighted by molar-refractivity contribution is 0.0982. The van der Waals surface area contributed by atoms with Gasteiger partial charge in [-0.05, 0) is 25.0 Å². The van der Waals surface area contributed by atoms with Gasteiger partial charge in [-0.25, -0.2) is 0 Å². The van der Waals surface area contributed by atoms with Crippen molar-refractivity contribution in [3.05, 3.63) is 29.3 Å². The number of nitrogen functional groups attached to an aromatic ring is 1. The smallest absolute Gasteiger partial charge is 0.0405 e. The first-order valence-corrected chi connectivity index (χ1v) is 6.30. The molecular weight excluding hydrogens is 210 g/mol. The lowest BCUT2D eigenvalue weighted by atomic mass is 9.86. The average Bonchev–Trinajstić information content (AvgIpc) is 2.27. The average molecular weight is 231 g/mol. The predicted molar refractivity (Wildman–Crippen MR) is 72.8 cm³/mol. The molecule has 1 heterocycles. The Hall–Kier alpha value is -1.35. The highest BCUT2D eigenvalue weighted by molar-refractivity contribution is 5.87. The van der Waals surface area contributed by atoms with Crippen LogP contribution in [0.4, 0.5) is 5.69 Å². The van der Waals surface area contributed by atoms with Gasteiger partial charge in [-0.15, -0.1) is 0 Å². The van der Waals surface area contributed by atoms with Crippen LogP contribution in [0.1, 0.15) is 37.3 Å². The Kier molecular flexibility index (Phi) is 3.48. The summed E-state index contributed by atoms with van der Waals surface area (Å²) in [6, 6.07) is 6.63. The van der Waals surface area contributed by atoms with Crippen LogP contribution in [0.15, 0.2) is 18.2 Å². The molecule has 0 radical (unpaired) electrons. The molecule has 1 aromatic rings. The summed E-state index contributed by atoms with van der Waals surface area (Å²) < 4.78 is 0. The van der Waals surface area contributed by atoms with Gasteiger partial charge in [0.1, 0.15) is 0 Å². The number of benzene rings is 1. The second-order valence-electron chi connectivity index (χ2n) is 4.90. The number of hydrogen-bond acceptors (Lipinski definition) is 3. The topological polar surface area (TPSA) is 53.1 Å². The summed E-state index contributed by atoms with van der Waals surface area (Å²) >= 11 is 0. The molecule has 0 saturated carbocycles. The van der Waals surface area contributed by atoms with Crippen molar-refractivity contribution in [3.63, 3.8) is 0 Å². The third kappa shape index (κ3) is 2.20. The van der Waals surface area contributed by atoms with Crippen LogP contribution in [0, 0.1) is 5.41 Å². The van der Waals surface area contributed by atoms with Gasteiger partial charge in [0, 0.05) is 42.5 Å². The van der Waals surface area contributed by atoms with Gasteiger partial charge < -0.3 is 11.1 Å². The van der Waals surface area contributed by atoms with Gasteiger partial charge >= 0.3 is 0 Å². The van der Waals surface area contributed by atoms with Crippen LogP contribution >= 0.6 is 0 Å². The highest BCUT2D eigenvalue weighted by Gasteiger charge is 2.31. The Bertz CT molecular complexity index is 408. The minimum absolute atomic E-state index is 0.545. The molecule has 1 aliphatic rings. The van der Waals surface area contributed by atoms with Crippen molar-refractivity contribution in [2.45, 2.75) is 32.2 Å². The number of hydrogen-bond donors (Lipinski definition) is 2. The molecule has 1 saturated heterocycles. The number of nitrogens with two attached hydrogens (primary N) is 1. The van der Waals surface area contributed by atoms with Gasteiger partial charge in [0.25, 0.3) is 0 Å². The second kappa shape index (κ2) is 4.88. The largest absolute Gasteiger partial charge is 0.398 e. The minimum atomic E-state index is 0.545. The molecule has 1 atom stereocenters. The molecule has 0 bridgehead atoms. The fourth-order valence-electron chi connectivity index (χ4n) is 2.45. The Morgan fingerprint density at radius 3 is 2.82 bits per heavy atom. The highest BCUT2D eigenvalue weighted by atomic mass is 15.2. The molecular formula is C14H21N3. The van der Waals surface area contributed by atoms with Gasteiger partial charge in [-0.1, -0.05) is 19.1 Å². The predicted octanol–water partition coefficient (Wildman–Crippen LogP) is 2.46. The maximum atomic E-state index is 7.47. The van der Waals surface area contributed by atoms with Crippen LogP contribution in [0.2, 0.25) is 0 Å². The van der Waals surface area contributed by atoms with E-state index in [1.807, 2.05) is 12.1 Å². The Labute approximate surface area is 103 Å². The number of anilines is 1. The molecule has 2 rings (SSSR count). The van der Waals surface area contributed by atoms with Gasteiger partial charge in [-0.2, -0.15) is 0 Å². The maximum absolute atomic E-state index is 7.47. The van der Waals surface area contributed by atoms with Gasteiger partial charge in [0.05, 0.1) is 0 Å². The van der Waals surface area contributed by atoms with Crippen LogP contribution in [0.25, 0.3) is 0 Å². The number of rotatable bonds is 4. The molecule has 1 fully saturated rings. The zero-order valence-electron chi connectivity index (χ0n) is 10.6. The standard InChI is InChI=1S/C14H21N3/c1-3-10(2)17-8-11(9-17)12-5-4-6-14(16)13(12)7-15/h4-7,10-11,15H,3,8-9,16H2,1-2H3. The lowest BCUT2D eigenvalue weighted by Crippen LogP contribution is -2.49. The van der Waals surface area contributed by atoms with Crippen LogP contribution in [-0.4, -0.2) is 30.2 Å². The normalized spacial score (nSPS) is 18.7. The fraction of sp³-hybridized carbons (Fsp3) is 0.500. The van der Waals surface area contributed by atoms with Crippen LogP contribution < -0.4 is 5.73 Å². The Morgan fingerprint density at radius 1 is 1.53 bits per heavy atom. The van der Waals surface area contributed by atoms with E-state index in [0.717, 1.165) is 24.3 Å². The Balaban J connectivity index is 2.11. The van der Waals surface area contributed by atoms with Crippen molar-refractivity contribution >= 4 is 11.9 Å². The summed E-state index contributed by atoms with van der Waals surface area (Å²) in [5.41, 5.74) is 8.77. The quantitative estimate of drug-likeness (QED) is 0.618. The molecule has 92 valence electrons. The van der Waals surface area contributed by atoms with Gasteiger partial charge in [0.15, 0.2) is 0 Å². The molecule has 1 aliphatic heterocycles. The van der Waals surface area contributed by atoms with Crippen molar-refractivity contribution in [2.24, 2.45) is 0 Å². The number of likely N-dealkylation sites (tertiary alicyclic amines) is 1. The first-order valence-electron chi connectivity index (χ1n) is 6.30. The van der Waals surface area contributed by atoms with Crippen molar-refractivity contribution in [2.75, 3.05) is 18.8 Å². The van der Waals surface area contributed by atoms with E-state index < -0.39 is 0 Å². The van der Waals surface area contributed by atoms with Crippen LogP contribution in [-0.2, 0) is 0 Å². The molecule has 0 spiro atoms. The minimum Gasteiger partial charge on any atom is -0.398 e. The maximum Gasteiger partial charge on any atom is 0.0405 e. The third-order valence-electron chi connectivity index (χ3n) is 3.88. The number of nitrogens with zero attached hydrogens (tertiary/aromatic N) is 1. The first kappa shape index (κ1) is 12.1. The molecule has 1 aromatic carbocycles. The summed E-state index contributed by atoms with van der Waals surface area (Å²) in [4.78, 5) is 2.49. The first-order chi connectivity index (χ1) is 8.17. The summed E-state index contributed by atoms with van der Waals surface area (Å²) in [5.74, 6) is 0.545. The zero-order valence-corrected chi connectivity index (χ0v) is 10.6. The molecule has 1 unspecified atom stereocenters. The van der Waals surface area contributed by atoms with Crippen molar-refractivity contribution < 1.29 is 0 Å². The third-order valence-corrected chi connectivity index (χ3v) is 3.88. The number of nitrogens with one attached hydrogen (secondary N) is 1. The van der Waals surface area contributed by atoms with E-state index in [4.69, 9.17) is 11.1 Å². The van der Waals surface area contributed by atoms with Crippen LogP contribution in [0.5, 0.6) is 0 Å². The molecule has 0 aliphatic carbocycles. The van der Waals surface area contributed by atoms with Crippen molar-refractivity contribution in [3.8, 4) is 0 Å². The molecule has 3 heteroatoms. The molecule has 0 aromatic heterocycles. The summed E-state index contributed by atoms with van der Waals surface area (Å²) in [6.07, 6.45) is 2.58. The SMILES string of the molecule is CCC(C)N1CC(c2cccc(N)c2C=N)C1. The highest BCUT2D eigenvalue weighted by Crippen LogP contribution is 2.32. The lowest BCUT2D eigenvalue weighted by Gasteiger charge is -2.43. The molecule has 0 amide bonds.